The summed E-state index contributed by atoms with van der Waals surface area (Å²) in [6.45, 7) is 3.47. The van der Waals surface area contributed by atoms with Crippen molar-refractivity contribution in [3.05, 3.63) is 53.5 Å². The Morgan fingerprint density at radius 2 is 2.04 bits per heavy atom. The first-order chi connectivity index (χ1) is 12.6. The van der Waals surface area contributed by atoms with Crippen LogP contribution in [0.3, 0.4) is 0 Å². The summed E-state index contributed by atoms with van der Waals surface area (Å²) in [5, 5.41) is 19.4. The summed E-state index contributed by atoms with van der Waals surface area (Å²) in [6.07, 6.45) is 0. The average molecular weight is 357 g/mol. The lowest BCUT2D eigenvalue weighted by atomic mass is 10.1. The van der Waals surface area contributed by atoms with Gasteiger partial charge in [-0.25, -0.2) is 0 Å². The number of aromatic nitrogens is 2. The molecule has 2 aromatic heterocycles. The van der Waals surface area contributed by atoms with Crippen LogP contribution >= 0.6 is 0 Å². The number of aryl methyl sites for hydroxylation is 1. The lowest BCUT2D eigenvalue weighted by Gasteiger charge is -2.07. The van der Waals surface area contributed by atoms with Crippen molar-refractivity contribution >= 4 is 5.91 Å². The molecule has 0 aliphatic heterocycles. The first kappa shape index (κ1) is 17.7. The minimum absolute atomic E-state index is 0.00521. The van der Waals surface area contributed by atoms with E-state index in [4.69, 9.17) is 18.9 Å². The molecular formula is C18H19N3O5. The molecule has 0 bridgehead atoms. The number of amides is 1. The fourth-order valence-corrected chi connectivity index (χ4v) is 2.30. The van der Waals surface area contributed by atoms with E-state index in [2.05, 4.69) is 15.6 Å². The number of aliphatic hydroxyl groups is 1. The van der Waals surface area contributed by atoms with Gasteiger partial charge in [-0.15, -0.1) is 0 Å². The molecule has 8 heteroatoms. The van der Waals surface area contributed by atoms with Crippen LogP contribution in [-0.4, -0.2) is 34.0 Å². The molecule has 1 amide bonds. The third-order valence-corrected chi connectivity index (χ3v) is 3.76. The van der Waals surface area contributed by atoms with Gasteiger partial charge in [0.25, 0.3) is 11.8 Å². The Morgan fingerprint density at radius 1 is 1.27 bits per heavy atom. The number of rotatable bonds is 7. The van der Waals surface area contributed by atoms with Crippen molar-refractivity contribution in [3.63, 3.8) is 0 Å². The highest BCUT2D eigenvalue weighted by molar-refractivity contribution is 5.91. The van der Waals surface area contributed by atoms with Crippen LogP contribution in [-0.2, 0) is 6.61 Å². The second-order valence-electron chi connectivity index (χ2n) is 5.81. The number of hydrogen-bond acceptors (Lipinski definition) is 7. The summed E-state index contributed by atoms with van der Waals surface area (Å²) < 4.78 is 15.9. The van der Waals surface area contributed by atoms with E-state index in [1.165, 1.54) is 6.07 Å². The van der Waals surface area contributed by atoms with Gasteiger partial charge in [-0.3, -0.25) is 4.79 Å². The molecule has 0 saturated heterocycles. The van der Waals surface area contributed by atoms with E-state index in [9.17, 15) is 4.79 Å². The van der Waals surface area contributed by atoms with Crippen LogP contribution in [0.15, 0.2) is 45.4 Å². The molecule has 0 fully saturated rings. The number of nitrogens with zero attached hydrogens (tertiary/aromatic N) is 2. The molecule has 0 aliphatic carbocycles. The van der Waals surface area contributed by atoms with E-state index in [1.54, 1.807) is 13.8 Å². The first-order valence-corrected chi connectivity index (χ1v) is 8.10. The molecule has 2 heterocycles. The second-order valence-corrected chi connectivity index (χ2v) is 5.81. The number of nitrogens with one attached hydrogen (secondary N) is 1. The Morgan fingerprint density at radius 3 is 2.77 bits per heavy atom. The van der Waals surface area contributed by atoms with Gasteiger partial charge in [-0.2, -0.15) is 0 Å². The van der Waals surface area contributed by atoms with Gasteiger partial charge in [0, 0.05) is 11.6 Å². The normalized spacial score (nSPS) is 12.0. The maximum Gasteiger partial charge on any atom is 0.290 e. The Bertz CT molecular complexity index is 872. The zero-order valence-electron chi connectivity index (χ0n) is 14.4. The molecule has 8 nitrogen and oxygen atoms in total. The molecule has 2 N–H and O–H groups in total. The SMILES string of the molecule is Cc1onc(-c2ccccc2)c1COc1cc(C(=O)NC(C)CO)on1. The summed E-state index contributed by atoms with van der Waals surface area (Å²) in [5.74, 6) is 0.346. The molecule has 1 aromatic carbocycles. The average Bonchev–Trinajstić information content (AvgIpc) is 3.27. The van der Waals surface area contributed by atoms with Crippen molar-refractivity contribution in [2.24, 2.45) is 0 Å². The van der Waals surface area contributed by atoms with Gasteiger partial charge >= 0.3 is 0 Å². The van der Waals surface area contributed by atoms with Gasteiger partial charge in [0.2, 0.25) is 5.76 Å². The summed E-state index contributed by atoms with van der Waals surface area (Å²) in [7, 11) is 0. The number of benzene rings is 1. The summed E-state index contributed by atoms with van der Waals surface area (Å²) in [4.78, 5) is 11.9. The largest absolute Gasteiger partial charge is 0.470 e. The van der Waals surface area contributed by atoms with Crippen molar-refractivity contribution < 1.29 is 23.7 Å². The number of ether oxygens (including phenoxy) is 1. The van der Waals surface area contributed by atoms with E-state index in [1.807, 2.05) is 30.3 Å². The predicted octanol–water partition coefficient (Wildman–Crippen LogP) is 2.33. The Kier molecular flexibility index (Phi) is 5.33. The molecule has 0 aliphatic rings. The zero-order chi connectivity index (χ0) is 18.5. The van der Waals surface area contributed by atoms with Crippen molar-refractivity contribution in [1.29, 1.82) is 0 Å². The number of carbonyl (C=O) groups excluding carboxylic acids is 1. The van der Waals surface area contributed by atoms with E-state index in [0.717, 1.165) is 11.1 Å². The van der Waals surface area contributed by atoms with Crippen LogP contribution < -0.4 is 10.1 Å². The third-order valence-electron chi connectivity index (χ3n) is 3.76. The topological polar surface area (TPSA) is 111 Å². The van der Waals surface area contributed by atoms with E-state index < -0.39 is 5.91 Å². The highest BCUT2D eigenvalue weighted by Crippen LogP contribution is 2.26. The van der Waals surface area contributed by atoms with Crippen LogP contribution in [0.4, 0.5) is 0 Å². The van der Waals surface area contributed by atoms with Crippen LogP contribution in [0.5, 0.6) is 5.88 Å². The molecular weight excluding hydrogens is 338 g/mol. The minimum Gasteiger partial charge on any atom is -0.470 e. The molecule has 136 valence electrons. The van der Waals surface area contributed by atoms with E-state index >= 15 is 0 Å². The van der Waals surface area contributed by atoms with Crippen molar-refractivity contribution in [2.75, 3.05) is 6.61 Å². The van der Waals surface area contributed by atoms with Crippen molar-refractivity contribution in [2.45, 2.75) is 26.5 Å². The maximum atomic E-state index is 11.9. The molecule has 3 aromatic rings. The molecule has 26 heavy (non-hydrogen) atoms. The molecule has 1 atom stereocenters. The quantitative estimate of drug-likeness (QED) is 0.667. The molecule has 0 saturated carbocycles. The van der Waals surface area contributed by atoms with Gasteiger partial charge in [-0.05, 0) is 19.0 Å². The molecule has 0 spiro atoms. The van der Waals surface area contributed by atoms with Crippen LogP contribution in [0, 0.1) is 6.92 Å². The second kappa shape index (κ2) is 7.83. The number of hydrogen-bond donors (Lipinski definition) is 2. The van der Waals surface area contributed by atoms with Crippen LogP contribution in [0.25, 0.3) is 11.3 Å². The van der Waals surface area contributed by atoms with Crippen LogP contribution in [0.2, 0.25) is 0 Å². The fourth-order valence-electron chi connectivity index (χ4n) is 2.30. The summed E-state index contributed by atoms with van der Waals surface area (Å²) in [5.41, 5.74) is 2.40. The lowest BCUT2D eigenvalue weighted by molar-refractivity contribution is 0.0884. The zero-order valence-corrected chi connectivity index (χ0v) is 14.4. The lowest BCUT2D eigenvalue weighted by Crippen LogP contribution is -2.34. The summed E-state index contributed by atoms with van der Waals surface area (Å²) >= 11 is 0. The van der Waals surface area contributed by atoms with Crippen LogP contribution in [0.1, 0.15) is 28.8 Å². The van der Waals surface area contributed by atoms with Gasteiger partial charge in [-0.1, -0.05) is 35.5 Å². The Labute approximate surface area is 149 Å². The van der Waals surface area contributed by atoms with E-state index in [-0.39, 0.29) is 30.9 Å². The number of aliphatic hydroxyl groups excluding tert-OH is 1. The Balaban J connectivity index is 1.69. The predicted molar refractivity (Wildman–Crippen MR) is 91.5 cm³/mol. The third kappa shape index (κ3) is 3.92. The Hall–Kier alpha value is -3.13. The number of carbonyl (C=O) groups is 1. The van der Waals surface area contributed by atoms with Crippen molar-refractivity contribution in [3.8, 4) is 17.1 Å². The van der Waals surface area contributed by atoms with Gasteiger partial charge in [0.05, 0.1) is 18.2 Å². The fraction of sp³-hybridized carbons (Fsp3) is 0.278. The van der Waals surface area contributed by atoms with E-state index in [0.29, 0.717) is 11.5 Å². The van der Waals surface area contributed by atoms with Gasteiger partial charge in [0.1, 0.15) is 18.1 Å². The van der Waals surface area contributed by atoms with Gasteiger partial charge < -0.3 is 24.2 Å². The smallest absolute Gasteiger partial charge is 0.290 e. The van der Waals surface area contributed by atoms with Gasteiger partial charge in [0.15, 0.2) is 0 Å². The maximum absolute atomic E-state index is 11.9. The molecule has 1 unspecified atom stereocenters. The summed E-state index contributed by atoms with van der Waals surface area (Å²) in [6, 6.07) is 10.6. The van der Waals surface area contributed by atoms with Crippen molar-refractivity contribution in [1.82, 2.24) is 15.6 Å². The molecule has 0 radical (unpaired) electrons. The minimum atomic E-state index is -0.472. The monoisotopic (exact) mass is 357 g/mol. The molecule has 3 rings (SSSR count). The highest BCUT2D eigenvalue weighted by atomic mass is 16.5. The first-order valence-electron chi connectivity index (χ1n) is 8.10. The standard InChI is InChI=1S/C18H19N3O5/c1-11(9-22)19-18(23)15-8-16(20-26-15)24-10-14-12(2)25-21-17(14)13-6-4-3-5-7-13/h3-8,11,22H,9-10H2,1-2H3,(H,19,23). The highest BCUT2D eigenvalue weighted by Gasteiger charge is 2.18.